The van der Waals surface area contributed by atoms with Crippen LogP contribution in [0, 0.1) is 0 Å². The number of aliphatic carboxylic acids is 4. The van der Waals surface area contributed by atoms with Gasteiger partial charge in [0.2, 0.25) is 0 Å². The molecule has 0 unspecified atom stereocenters. The van der Waals surface area contributed by atoms with Crippen molar-refractivity contribution in [1.29, 1.82) is 0 Å². The second-order valence-electron chi connectivity index (χ2n) is 7.25. The van der Waals surface area contributed by atoms with Crippen LogP contribution in [0.3, 0.4) is 0 Å². The van der Waals surface area contributed by atoms with Crippen LogP contribution in [0.5, 0.6) is 0 Å². The summed E-state index contributed by atoms with van der Waals surface area (Å²) in [6.45, 7) is 1.87. The molecular formula is C17H31N5O8. The molecule has 0 aliphatic carbocycles. The van der Waals surface area contributed by atoms with Crippen LogP contribution in [0.25, 0.3) is 0 Å². The highest BCUT2D eigenvalue weighted by atomic mass is 16.4. The van der Waals surface area contributed by atoms with E-state index in [0.717, 1.165) is 0 Å². The molecule has 1 aliphatic heterocycles. The van der Waals surface area contributed by atoms with E-state index in [2.05, 4.69) is 0 Å². The van der Waals surface area contributed by atoms with Gasteiger partial charge in [-0.15, -0.1) is 0 Å². The molecule has 0 aromatic heterocycles. The van der Waals surface area contributed by atoms with Gasteiger partial charge in [-0.3, -0.25) is 38.8 Å². The minimum absolute atomic E-state index is 0.0439. The van der Waals surface area contributed by atoms with Gasteiger partial charge in [-0.1, -0.05) is 0 Å². The fourth-order valence-corrected chi connectivity index (χ4v) is 3.17. The Bertz CT molecular complexity index is 573. The summed E-state index contributed by atoms with van der Waals surface area (Å²) in [7, 11) is 0. The Labute approximate surface area is 174 Å². The number of rotatable bonds is 9. The summed E-state index contributed by atoms with van der Waals surface area (Å²) in [5.41, 5.74) is 5.64. The second-order valence-corrected chi connectivity index (χ2v) is 7.25. The van der Waals surface area contributed by atoms with Crippen molar-refractivity contribution < 1.29 is 39.6 Å². The van der Waals surface area contributed by atoms with Gasteiger partial charge in [-0.2, -0.15) is 0 Å². The summed E-state index contributed by atoms with van der Waals surface area (Å²) in [4.78, 5) is 51.3. The Morgan fingerprint density at radius 2 is 0.867 bits per heavy atom. The third kappa shape index (κ3) is 11.0. The Balaban J connectivity index is 2.95. The second kappa shape index (κ2) is 13.1. The summed E-state index contributed by atoms with van der Waals surface area (Å²) in [5.74, 6) is -4.22. The molecule has 13 nitrogen and oxygen atoms in total. The molecule has 30 heavy (non-hydrogen) atoms. The standard InChI is InChI=1S/C17H31N5O8/c18-13(17(29)30)9-19-1-3-20(10-14(23)24)5-7-22(12-16(27)28)8-6-21(4-2-19)11-15(25)26/h13H,1-12,18H2,(H,23,24)(H,25,26)(H,27,28)(H,29,30)/t13-/m1/s1. The molecule has 1 rings (SSSR count). The first-order chi connectivity index (χ1) is 14.1. The van der Waals surface area contributed by atoms with E-state index in [1.807, 2.05) is 0 Å². The first kappa shape index (κ1) is 25.7. The normalized spacial score (nSPS) is 20.0. The Morgan fingerprint density at radius 3 is 1.10 bits per heavy atom. The van der Waals surface area contributed by atoms with Gasteiger partial charge >= 0.3 is 23.9 Å². The molecule has 1 atom stereocenters. The highest BCUT2D eigenvalue weighted by Gasteiger charge is 2.22. The smallest absolute Gasteiger partial charge is 0.321 e. The molecule has 1 heterocycles. The number of nitrogens with zero attached hydrogens (tertiary/aromatic N) is 4. The van der Waals surface area contributed by atoms with Crippen LogP contribution < -0.4 is 5.73 Å². The summed E-state index contributed by atoms with van der Waals surface area (Å²) in [5, 5.41) is 36.5. The van der Waals surface area contributed by atoms with Crippen molar-refractivity contribution in [2.24, 2.45) is 5.73 Å². The lowest BCUT2D eigenvalue weighted by molar-refractivity contribution is -0.140. The maximum absolute atomic E-state index is 11.2. The molecule has 0 spiro atoms. The number of carboxylic acids is 4. The van der Waals surface area contributed by atoms with Crippen molar-refractivity contribution in [3.8, 4) is 0 Å². The summed E-state index contributed by atoms with van der Waals surface area (Å²) in [6.07, 6.45) is 0. The fourth-order valence-electron chi connectivity index (χ4n) is 3.17. The van der Waals surface area contributed by atoms with E-state index in [9.17, 15) is 19.2 Å². The number of carboxylic acid groups (broad SMARTS) is 4. The zero-order chi connectivity index (χ0) is 22.7. The van der Waals surface area contributed by atoms with E-state index in [1.165, 1.54) is 0 Å². The van der Waals surface area contributed by atoms with Crippen molar-refractivity contribution in [2.45, 2.75) is 6.04 Å². The minimum Gasteiger partial charge on any atom is -0.480 e. The van der Waals surface area contributed by atoms with Crippen molar-refractivity contribution in [2.75, 3.05) is 78.5 Å². The van der Waals surface area contributed by atoms with Crippen LogP contribution in [0.1, 0.15) is 0 Å². The first-order valence-corrected chi connectivity index (χ1v) is 9.60. The first-order valence-electron chi connectivity index (χ1n) is 9.60. The molecule has 0 aromatic carbocycles. The lowest BCUT2D eigenvalue weighted by atomic mass is 10.2. The average molecular weight is 433 g/mol. The highest BCUT2D eigenvalue weighted by molar-refractivity contribution is 5.73. The van der Waals surface area contributed by atoms with Gasteiger partial charge in [0.15, 0.2) is 0 Å². The molecule has 13 heteroatoms. The molecule has 0 amide bonds. The zero-order valence-electron chi connectivity index (χ0n) is 16.9. The lowest BCUT2D eigenvalue weighted by Gasteiger charge is -2.33. The SMILES string of the molecule is N[C@H](CN1CCN(CC(=O)O)CCN(CC(=O)O)CCN(CC(=O)O)CC1)C(=O)O. The van der Waals surface area contributed by atoms with Crippen molar-refractivity contribution in [1.82, 2.24) is 19.6 Å². The lowest BCUT2D eigenvalue weighted by Crippen LogP contribution is -2.51. The summed E-state index contributed by atoms with van der Waals surface area (Å²) < 4.78 is 0. The summed E-state index contributed by atoms with van der Waals surface area (Å²) >= 11 is 0. The molecule has 1 saturated heterocycles. The van der Waals surface area contributed by atoms with Crippen LogP contribution in [-0.2, 0) is 19.2 Å². The third-order valence-electron chi connectivity index (χ3n) is 4.78. The largest absolute Gasteiger partial charge is 0.480 e. The topological polar surface area (TPSA) is 188 Å². The zero-order valence-corrected chi connectivity index (χ0v) is 16.9. The maximum Gasteiger partial charge on any atom is 0.321 e. The molecule has 0 radical (unpaired) electrons. The van der Waals surface area contributed by atoms with Gasteiger partial charge in [-0.05, 0) is 0 Å². The number of hydrogen-bond donors (Lipinski definition) is 5. The van der Waals surface area contributed by atoms with Gasteiger partial charge in [0.05, 0.1) is 19.6 Å². The third-order valence-corrected chi connectivity index (χ3v) is 4.78. The number of hydrogen-bond acceptors (Lipinski definition) is 9. The monoisotopic (exact) mass is 433 g/mol. The van der Waals surface area contributed by atoms with E-state index in [1.54, 1.807) is 19.6 Å². The molecule has 0 bridgehead atoms. The van der Waals surface area contributed by atoms with E-state index in [0.29, 0.717) is 52.4 Å². The van der Waals surface area contributed by atoms with E-state index >= 15 is 0 Å². The molecular weight excluding hydrogens is 402 g/mol. The van der Waals surface area contributed by atoms with Crippen LogP contribution in [0.4, 0.5) is 0 Å². The Hall–Kier alpha value is -2.32. The maximum atomic E-state index is 11.2. The molecule has 0 saturated carbocycles. The van der Waals surface area contributed by atoms with Crippen LogP contribution >= 0.6 is 0 Å². The van der Waals surface area contributed by atoms with E-state index in [-0.39, 0.29) is 26.2 Å². The van der Waals surface area contributed by atoms with Gasteiger partial charge in [0, 0.05) is 58.9 Å². The van der Waals surface area contributed by atoms with Crippen LogP contribution in [0.2, 0.25) is 0 Å². The fraction of sp³-hybridized carbons (Fsp3) is 0.765. The van der Waals surface area contributed by atoms with Crippen molar-refractivity contribution >= 4 is 23.9 Å². The predicted molar refractivity (Wildman–Crippen MR) is 104 cm³/mol. The highest BCUT2D eigenvalue weighted by Crippen LogP contribution is 2.02. The minimum atomic E-state index is -1.16. The van der Waals surface area contributed by atoms with E-state index in [4.69, 9.17) is 26.2 Å². The van der Waals surface area contributed by atoms with E-state index < -0.39 is 29.9 Å². The van der Waals surface area contributed by atoms with Gasteiger partial charge in [-0.25, -0.2) is 0 Å². The molecule has 1 fully saturated rings. The number of nitrogens with two attached hydrogens (primary N) is 1. The Morgan fingerprint density at radius 1 is 0.600 bits per heavy atom. The average Bonchev–Trinajstić information content (AvgIpc) is 2.62. The summed E-state index contributed by atoms with van der Waals surface area (Å²) in [6, 6.07) is -1.12. The number of carbonyl (C=O) groups is 4. The quantitative estimate of drug-likeness (QED) is 0.246. The van der Waals surface area contributed by atoms with Crippen LogP contribution in [-0.4, -0.2) is 148 Å². The van der Waals surface area contributed by atoms with Crippen LogP contribution in [0.15, 0.2) is 0 Å². The van der Waals surface area contributed by atoms with Crippen molar-refractivity contribution in [3.63, 3.8) is 0 Å². The Kier molecular flexibility index (Phi) is 11.2. The van der Waals surface area contributed by atoms with Gasteiger partial charge < -0.3 is 26.2 Å². The molecule has 172 valence electrons. The molecule has 6 N–H and O–H groups in total. The molecule has 1 aliphatic rings. The van der Waals surface area contributed by atoms with Gasteiger partial charge in [0.1, 0.15) is 6.04 Å². The predicted octanol–water partition coefficient (Wildman–Crippen LogP) is -3.13. The molecule has 0 aromatic rings. The van der Waals surface area contributed by atoms with Gasteiger partial charge in [0.25, 0.3) is 0 Å². The van der Waals surface area contributed by atoms with Crippen molar-refractivity contribution in [3.05, 3.63) is 0 Å².